The number of phosphoric ester groups is 1. The van der Waals surface area contributed by atoms with E-state index >= 15 is 0 Å². The van der Waals surface area contributed by atoms with Crippen molar-refractivity contribution in [3.63, 3.8) is 0 Å². The lowest BCUT2D eigenvalue weighted by Gasteiger charge is -2.18. The van der Waals surface area contributed by atoms with E-state index in [4.69, 9.17) is 19.3 Å². The van der Waals surface area contributed by atoms with Crippen LogP contribution in [0, 0.1) is 0 Å². The molecule has 0 rings (SSSR count). The van der Waals surface area contributed by atoms with Gasteiger partial charge >= 0.3 is 19.8 Å². The minimum atomic E-state index is -4.74. The van der Waals surface area contributed by atoms with Crippen LogP contribution in [0.1, 0.15) is 219 Å². The molecule has 286 valence electrons. The van der Waals surface area contributed by atoms with Gasteiger partial charge < -0.3 is 19.3 Å². The summed E-state index contributed by atoms with van der Waals surface area (Å²) in [6.45, 7) is 3.70. The molecule has 0 bridgehead atoms. The number of unbranched alkanes of at least 4 members (excludes halogenated alkanes) is 28. The molecule has 0 aromatic carbocycles. The third-order valence-corrected chi connectivity index (χ3v) is 9.61. The largest absolute Gasteiger partial charge is 0.469 e. The highest BCUT2D eigenvalue weighted by molar-refractivity contribution is 7.46. The van der Waals surface area contributed by atoms with Gasteiger partial charge in [-0.25, -0.2) is 4.57 Å². The van der Waals surface area contributed by atoms with E-state index in [0.29, 0.717) is 6.42 Å². The summed E-state index contributed by atoms with van der Waals surface area (Å²) in [5, 5.41) is 0. The molecule has 0 aliphatic carbocycles. The Kier molecular flexibility index (Phi) is 35.2. The van der Waals surface area contributed by atoms with Crippen LogP contribution in [0.3, 0.4) is 0 Å². The van der Waals surface area contributed by atoms with E-state index in [2.05, 4.69) is 18.4 Å². The predicted octanol–water partition coefficient (Wildman–Crippen LogP) is 12.1. The summed E-state index contributed by atoms with van der Waals surface area (Å²) in [6, 6.07) is 0. The monoisotopic (exact) mass is 705 g/mol. The lowest BCUT2D eigenvalue weighted by molar-refractivity contribution is -0.161. The van der Waals surface area contributed by atoms with E-state index in [1.165, 1.54) is 148 Å². The fraction of sp³-hybridized carbons (Fsp3) is 0.949. The fourth-order valence-corrected chi connectivity index (χ4v) is 6.44. The van der Waals surface area contributed by atoms with E-state index in [9.17, 15) is 14.2 Å². The minimum Gasteiger partial charge on any atom is -0.462 e. The van der Waals surface area contributed by atoms with Gasteiger partial charge in [0.05, 0.1) is 6.61 Å². The van der Waals surface area contributed by atoms with Gasteiger partial charge in [0, 0.05) is 12.8 Å². The predicted molar refractivity (Wildman–Crippen MR) is 198 cm³/mol. The van der Waals surface area contributed by atoms with E-state index in [-0.39, 0.29) is 19.4 Å². The van der Waals surface area contributed by atoms with E-state index < -0.39 is 32.5 Å². The average Bonchev–Trinajstić information content (AvgIpc) is 3.05. The van der Waals surface area contributed by atoms with Gasteiger partial charge in [0.25, 0.3) is 0 Å². The number of carbonyl (C=O) groups excluding carboxylic acids is 2. The second-order valence-corrected chi connectivity index (χ2v) is 15.2. The third-order valence-electron chi connectivity index (χ3n) is 9.13. The Hall–Kier alpha value is -0.950. The van der Waals surface area contributed by atoms with Gasteiger partial charge in [-0.1, -0.05) is 194 Å². The van der Waals surface area contributed by atoms with Crippen LogP contribution in [-0.2, 0) is 28.2 Å². The van der Waals surface area contributed by atoms with Crippen molar-refractivity contribution in [1.82, 2.24) is 0 Å². The molecule has 0 radical (unpaired) electrons. The Balaban J connectivity index is 3.82. The zero-order valence-corrected chi connectivity index (χ0v) is 32.3. The van der Waals surface area contributed by atoms with Crippen LogP contribution in [0.5, 0.6) is 0 Å². The normalized spacial score (nSPS) is 12.3. The van der Waals surface area contributed by atoms with Crippen LogP contribution in [0.15, 0.2) is 0 Å². The van der Waals surface area contributed by atoms with Gasteiger partial charge in [-0.15, -0.1) is 0 Å². The summed E-state index contributed by atoms with van der Waals surface area (Å²) in [4.78, 5) is 42.7. The summed E-state index contributed by atoms with van der Waals surface area (Å²) in [5.41, 5.74) is 0. The van der Waals surface area contributed by atoms with E-state index in [1.54, 1.807) is 0 Å². The second kappa shape index (κ2) is 35.9. The summed E-state index contributed by atoms with van der Waals surface area (Å²) in [7, 11) is -4.74. The van der Waals surface area contributed by atoms with Gasteiger partial charge in [-0.2, -0.15) is 0 Å². The van der Waals surface area contributed by atoms with Crippen LogP contribution < -0.4 is 0 Å². The molecule has 0 aliphatic heterocycles. The van der Waals surface area contributed by atoms with Crippen molar-refractivity contribution < 1.29 is 37.9 Å². The summed E-state index contributed by atoms with van der Waals surface area (Å²) in [5.74, 6) is -0.871. The first-order valence-electron chi connectivity index (χ1n) is 20.3. The molecule has 0 aromatic rings. The number of carbonyl (C=O) groups is 2. The van der Waals surface area contributed by atoms with Crippen molar-refractivity contribution in [2.24, 2.45) is 0 Å². The Bertz CT molecular complexity index is 756. The highest BCUT2D eigenvalue weighted by Crippen LogP contribution is 2.36. The average molecular weight is 705 g/mol. The van der Waals surface area contributed by atoms with Gasteiger partial charge in [0.15, 0.2) is 6.10 Å². The highest BCUT2D eigenvalue weighted by atomic mass is 31.2. The first-order chi connectivity index (χ1) is 23.3. The molecule has 0 fully saturated rings. The quantitative estimate of drug-likeness (QED) is 0.0370. The lowest BCUT2D eigenvalue weighted by Crippen LogP contribution is -2.29. The zero-order chi connectivity index (χ0) is 35.4. The topological polar surface area (TPSA) is 119 Å². The van der Waals surface area contributed by atoms with Crippen LogP contribution in [0.25, 0.3) is 0 Å². The molecule has 0 saturated carbocycles. The molecule has 0 saturated heterocycles. The van der Waals surface area contributed by atoms with Crippen molar-refractivity contribution in [2.75, 3.05) is 13.2 Å². The van der Waals surface area contributed by atoms with Gasteiger partial charge in [0.1, 0.15) is 6.61 Å². The number of hydrogen-bond acceptors (Lipinski definition) is 6. The Labute approximate surface area is 295 Å². The molecule has 8 nitrogen and oxygen atoms in total. The first kappa shape index (κ1) is 47.0. The van der Waals surface area contributed by atoms with Crippen molar-refractivity contribution in [2.45, 2.75) is 225 Å². The molecule has 0 spiro atoms. The second-order valence-electron chi connectivity index (χ2n) is 14.0. The molecule has 0 amide bonds. The number of rotatable bonds is 38. The van der Waals surface area contributed by atoms with Crippen LogP contribution in [0.4, 0.5) is 0 Å². The van der Waals surface area contributed by atoms with E-state index in [0.717, 1.165) is 38.5 Å². The zero-order valence-electron chi connectivity index (χ0n) is 31.4. The Morgan fingerprint density at radius 1 is 0.458 bits per heavy atom. The molecule has 48 heavy (non-hydrogen) atoms. The first-order valence-corrected chi connectivity index (χ1v) is 21.9. The standard InChI is InChI=1S/C39H77O8P/c1-3-5-7-9-11-13-15-16-17-18-19-20-21-22-24-25-27-29-31-33-38(40)45-35-37(36-46-48(42,43)44)47-39(41)34-32-30-28-26-23-14-12-10-8-6-4-2/h37H,3-36H2,1-2H3,(H2,42,43,44)/t37-/m1/s1. The third kappa shape index (κ3) is 37.9. The van der Waals surface area contributed by atoms with Crippen LogP contribution in [0.2, 0.25) is 0 Å². The molecule has 1 atom stereocenters. The lowest BCUT2D eigenvalue weighted by atomic mass is 10.0. The molecular weight excluding hydrogens is 627 g/mol. The maximum absolute atomic E-state index is 12.3. The highest BCUT2D eigenvalue weighted by Gasteiger charge is 2.22. The molecular formula is C39H77O8P. The molecule has 0 unspecified atom stereocenters. The number of ether oxygens (including phenoxy) is 2. The van der Waals surface area contributed by atoms with Crippen molar-refractivity contribution >= 4 is 19.8 Å². The summed E-state index contributed by atoms with van der Waals surface area (Å²) >= 11 is 0. The number of phosphoric acid groups is 1. The smallest absolute Gasteiger partial charge is 0.462 e. The van der Waals surface area contributed by atoms with Crippen LogP contribution >= 0.6 is 7.82 Å². The number of esters is 2. The van der Waals surface area contributed by atoms with E-state index in [1.807, 2.05) is 0 Å². The minimum absolute atomic E-state index is 0.219. The molecule has 9 heteroatoms. The van der Waals surface area contributed by atoms with Gasteiger partial charge in [-0.3, -0.25) is 14.1 Å². The van der Waals surface area contributed by atoms with Crippen LogP contribution in [-0.4, -0.2) is 41.0 Å². The molecule has 0 heterocycles. The summed E-state index contributed by atoms with van der Waals surface area (Å²) < 4.78 is 26.3. The van der Waals surface area contributed by atoms with Crippen molar-refractivity contribution in [1.29, 1.82) is 0 Å². The summed E-state index contributed by atoms with van der Waals surface area (Å²) in [6.07, 6.45) is 36.9. The van der Waals surface area contributed by atoms with Crippen molar-refractivity contribution in [3.05, 3.63) is 0 Å². The fourth-order valence-electron chi connectivity index (χ4n) is 6.08. The van der Waals surface area contributed by atoms with Crippen molar-refractivity contribution in [3.8, 4) is 0 Å². The maximum atomic E-state index is 12.3. The van der Waals surface area contributed by atoms with Gasteiger partial charge in [0.2, 0.25) is 0 Å². The molecule has 2 N–H and O–H groups in total. The Morgan fingerprint density at radius 3 is 1.06 bits per heavy atom. The molecule has 0 aromatic heterocycles. The SMILES string of the molecule is CCCCCCCCCCCCCCCCCCCCCC(=O)OC[C@H](COP(=O)(O)O)OC(=O)CCCCCCCCCCCCC. The number of hydrogen-bond donors (Lipinski definition) is 2. The molecule has 0 aliphatic rings. The maximum Gasteiger partial charge on any atom is 0.469 e. The Morgan fingerprint density at radius 2 is 0.750 bits per heavy atom. The van der Waals surface area contributed by atoms with Gasteiger partial charge in [-0.05, 0) is 12.8 Å².